The molecule has 258 valence electrons. The third-order valence-electron chi connectivity index (χ3n) is 12.4. The molecule has 9 aromatic rings. The molecule has 0 radical (unpaired) electrons. The van der Waals surface area contributed by atoms with Gasteiger partial charge in [-0.1, -0.05) is 197 Å². The van der Waals surface area contributed by atoms with E-state index in [1.807, 2.05) is 0 Å². The summed E-state index contributed by atoms with van der Waals surface area (Å²) in [7, 11) is 0. The standard InChI is InChI=1S/C53H37BO/c1-34-26-28-36-14-3-5-18-41(36)51(34)54(52-35(2)27-29-37-15-4-6-19-42(37)52)40-17-13-16-38(32-40)39-30-31-44-43-20-7-8-21-45(43)53(48(44)33-39)46-22-9-11-24-49(46)55-50-25-12-10-23-47(50)53/h3-33H,1-2H3. The number of para-hydroxylation sites is 2. The number of aryl methyl sites for hydroxylation is 2. The maximum Gasteiger partial charge on any atom is 0.243 e. The SMILES string of the molecule is Cc1ccc2ccccc2c1B(c1cccc(-c2ccc3c(c2)C2(c4ccccc4Oc4ccccc42)c2ccccc2-3)c1)c1c(C)ccc2ccccc12. The van der Waals surface area contributed by atoms with E-state index in [1.54, 1.807) is 0 Å². The van der Waals surface area contributed by atoms with E-state index in [2.05, 4.69) is 202 Å². The van der Waals surface area contributed by atoms with Crippen LogP contribution in [0.4, 0.5) is 0 Å². The van der Waals surface area contributed by atoms with E-state index in [4.69, 9.17) is 4.74 Å². The third-order valence-corrected chi connectivity index (χ3v) is 12.4. The van der Waals surface area contributed by atoms with Crippen LogP contribution in [-0.4, -0.2) is 6.71 Å². The van der Waals surface area contributed by atoms with Crippen molar-refractivity contribution in [3.05, 3.63) is 221 Å². The van der Waals surface area contributed by atoms with E-state index in [-0.39, 0.29) is 6.71 Å². The van der Waals surface area contributed by atoms with Crippen LogP contribution in [0.1, 0.15) is 33.4 Å². The van der Waals surface area contributed by atoms with Crippen molar-refractivity contribution < 1.29 is 4.74 Å². The summed E-state index contributed by atoms with van der Waals surface area (Å²) in [4.78, 5) is 0. The molecule has 0 saturated carbocycles. The monoisotopic (exact) mass is 700 g/mol. The third kappa shape index (κ3) is 4.61. The summed E-state index contributed by atoms with van der Waals surface area (Å²) < 4.78 is 6.62. The highest BCUT2D eigenvalue weighted by atomic mass is 16.5. The van der Waals surface area contributed by atoms with Crippen molar-refractivity contribution >= 4 is 44.6 Å². The number of ether oxygens (including phenoxy) is 1. The molecule has 0 amide bonds. The van der Waals surface area contributed by atoms with E-state index in [1.165, 1.54) is 93.6 Å². The van der Waals surface area contributed by atoms with Gasteiger partial charge in [0.25, 0.3) is 0 Å². The molecule has 55 heavy (non-hydrogen) atoms. The smallest absolute Gasteiger partial charge is 0.243 e. The van der Waals surface area contributed by atoms with Gasteiger partial charge in [-0.25, -0.2) is 0 Å². The predicted octanol–water partition coefficient (Wildman–Crippen LogP) is 11.3. The van der Waals surface area contributed by atoms with Crippen LogP contribution in [0.2, 0.25) is 0 Å². The van der Waals surface area contributed by atoms with Crippen LogP contribution in [0.3, 0.4) is 0 Å². The molecule has 2 heteroatoms. The fourth-order valence-electron chi connectivity index (χ4n) is 9.98. The van der Waals surface area contributed by atoms with Crippen LogP contribution in [0.15, 0.2) is 188 Å². The lowest BCUT2D eigenvalue weighted by molar-refractivity contribution is 0.436. The highest BCUT2D eigenvalue weighted by Crippen LogP contribution is 2.62. The van der Waals surface area contributed by atoms with Crippen LogP contribution >= 0.6 is 0 Å². The largest absolute Gasteiger partial charge is 0.457 e. The van der Waals surface area contributed by atoms with E-state index >= 15 is 0 Å². The van der Waals surface area contributed by atoms with Crippen molar-refractivity contribution in [3.8, 4) is 33.8 Å². The molecule has 0 unspecified atom stereocenters. The molecule has 1 heterocycles. The van der Waals surface area contributed by atoms with E-state index in [0.29, 0.717) is 0 Å². The summed E-state index contributed by atoms with van der Waals surface area (Å²) in [5.41, 5.74) is 16.1. The molecule has 0 N–H and O–H groups in total. The first-order chi connectivity index (χ1) is 27.1. The molecule has 9 aromatic carbocycles. The first-order valence-corrected chi connectivity index (χ1v) is 19.3. The summed E-state index contributed by atoms with van der Waals surface area (Å²) in [5.74, 6) is 1.82. The Morgan fingerprint density at radius 2 is 0.927 bits per heavy atom. The van der Waals surface area contributed by atoms with Crippen LogP contribution in [0.5, 0.6) is 11.5 Å². The van der Waals surface area contributed by atoms with Gasteiger partial charge in [0.1, 0.15) is 11.5 Å². The van der Waals surface area contributed by atoms with Crippen molar-refractivity contribution in [1.29, 1.82) is 0 Å². The zero-order valence-electron chi connectivity index (χ0n) is 30.9. The molecule has 0 bridgehead atoms. The Kier molecular flexibility index (Phi) is 7.06. The molecule has 1 aliphatic heterocycles. The van der Waals surface area contributed by atoms with Crippen molar-refractivity contribution in [1.82, 2.24) is 0 Å². The minimum absolute atomic E-state index is 0.0245. The number of hydrogen-bond donors (Lipinski definition) is 0. The quantitative estimate of drug-likeness (QED) is 0.166. The predicted molar refractivity (Wildman–Crippen MR) is 231 cm³/mol. The maximum absolute atomic E-state index is 6.62. The molecule has 0 fully saturated rings. The maximum atomic E-state index is 6.62. The van der Waals surface area contributed by atoms with Crippen molar-refractivity contribution in [2.45, 2.75) is 19.3 Å². The summed E-state index contributed by atoms with van der Waals surface area (Å²) >= 11 is 0. The summed E-state index contributed by atoms with van der Waals surface area (Å²) in [6, 6.07) is 69.5. The Labute approximate surface area is 322 Å². The summed E-state index contributed by atoms with van der Waals surface area (Å²) in [6.07, 6.45) is 0. The lowest BCUT2D eigenvalue weighted by atomic mass is 9.34. The van der Waals surface area contributed by atoms with Gasteiger partial charge in [-0.05, 0) is 87.0 Å². The topological polar surface area (TPSA) is 9.23 Å². The second-order valence-electron chi connectivity index (χ2n) is 15.2. The molecule has 11 rings (SSSR count). The molecule has 1 aliphatic carbocycles. The van der Waals surface area contributed by atoms with E-state index in [0.717, 1.165) is 11.5 Å². The second kappa shape index (κ2) is 12.2. The minimum Gasteiger partial charge on any atom is -0.457 e. The lowest BCUT2D eigenvalue weighted by Gasteiger charge is -2.39. The number of fused-ring (bicyclic) bond motifs is 11. The molecule has 1 spiro atoms. The van der Waals surface area contributed by atoms with Gasteiger partial charge < -0.3 is 4.74 Å². The van der Waals surface area contributed by atoms with Gasteiger partial charge in [-0.3, -0.25) is 0 Å². The highest BCUT2D eigenvalue weighted by molar-refractivity contribution is 6.98. The summed E-state index contributed by atoms with van der Waals surface area (Å²) in [5, 5.41) is 5.14. The molecule has 0 aromatic heterocycles. The van der Waals surface area contributed by atoms with Crippen LogP contribution in [0, 0.1) is 13.8 Å². The summed E-state index contributed by atoms with van der Waals surface area (Å²) in [6.45, 7) is 4.58. The second-order valence-corrected chi connectivity index (χ2v) is 15.2. The lowest BCUT2D eigenvalue weighted by Crippen LogP contribution is -2.54. The zero-order chi connectivity index (χ0) is 36.7. The van der Waals surface area contributed by atoms with Gasteiger partial charge in [-0.15, -0.1) is 0 Å². The first-order valence-electron chi connectivity index (χ1n) is 19.3. The van der Waals surface area contributed by atoms with Gasteiger partial charge >= 0.3 is 0 Å². The van der Waals surface area contributed by atoms with Crippen LogP contribution in [0.25, 0.3) is 43.8 Å². The first kappa shape index (κ1) is 31.9. The number of hydrogen-bond acceptors (Lipinski definition) is 1. The van der Waals surface area contributed by atoms with Gasteiger partial charge in [0.2, 0.25) is 6.71 Å². The molecule has 1 nitrogen and oxygen atoms in total. The van der Waals surface area contributed by atoms with Gasteiger partial charge in [0, 0.05) is 11.1 Å². The minimum atomic E-state index is -0.506. The Hall–Kier alpha value is -6.64. The average Bonchev–Trinajstić information content (AvgIpc) is 3.52. The molecule has 2 aliphatic rings. The Morgan fingerprint density at radius 1 is 0.400 bits per heavy atom. The zero-order valence-corrected chi connectivity index (χ0v) is 30.9. The molecule has 0 atom stereocenters. The molecular formula is C53H37BO. The van der Waals surface area contributed by atoms with Crippen molar-refractivity contribution in [2.24, 2.45) is 0 Å². The van der Waals surface area contributed by atoms with Gasteiger partial charge in [0.15, 0.2) is 0 Å². The van der Waals surface area contributed by atoms with Crippen LogP contribution < -0.4 is 21.1 Å². The molecule has 0 saturated heterocycles. The van der Waals surface area contributed by atoms with E-state index < -0.39 is 5.41 Å². The van der Waals surface area contributed by atoms with Crippen molar-refractivity contribution in [3.63, 3.8) is 0 Å². The van der Waals surface area contributed by atoms with Gasteiger partial charge in [0.05, 0.1) is 5.41 Å². The average molecular weight is 701 g/mol. The fraction of sp³-hybridized carbons (Fsp3) is 0.0566. The fourth-order valence-corrected chi connectivity index (χ4v) is 9.98. The number of rotatable bonds is 4. The Balaban J connectivity index is 1.16. The van der Waals surface area contributed by atoms with Gasteiger partial charge in [-0.2, -0.15) is 0 Å². The molecular weight excluding hydrogens is 663 g/mol. The number of benzene rings is 9. The Bertz CT molecular complexity index is 2880. The van der Waals surface area contributed by atoms with Crippen molar-refractivity contribution in [2.75, 3.05) is 0 Å². The van der Waals surface area contributed by atoms with E-state index in [9.17, 15) is 0 Å². The normalized spacial score (nSPS) is 13.2. The van der Waals surface area contributed by atoms with Crippen LogP contribution in [-0.2, 0) is 5.41 Å². The Morgan fingerprint density at radius 3 is 1.58 bits per heavy atom. The highest BCUT2D eigenvalue weighted by Gasteiger charge is 2.51.